The SMILES string of the molecule is CC[C@@H](C(=O)NC1CCCC1)N(Cc1ccccc1C)C(=O)CN(c1cc(C)ccc1C)S(=O)(=O)c1ccc(C)cc1. The predicted octanol–water partition coefficient (Wildman–Crippen LogP) is 5.98. The van der Waals surface area contributed by atoms with Crippen LogP contribution in [0.3, 0.4) is 0 Å². The van der Waals surface area contributed by atoms with Crippen LogP contribution >= 0.6 is 0 Å². The fourth-order valence-corrected chi connectivity index (χ4v) is 7.07. The van der Waals surface area contributed by atoms with Gasteiger partial charge in [0.05, 0.1) is 10.6 Å². The number of sulfonamides is 1. The zero-order valence-electron chi connectivity index (χ0n) is 25.4. The first-order valence-electron chi connectivity index (χ1n) is 14.8. The van der Waals surface area contributed by atoms with E-state index in [1.807, 2.05) is 71.0 Å². The van der Waals surface area contributed by atoms with Gasteiger partial charge in [-0.05, 0) is 87.4 Å². The van der Waals surface area contributed by atoms with Gasteiger partial charge in [-0.2, -0.15) is 0 Å². The summed E-state index contributed by atoms with van der Waals surface area (Å²) in [5.74, 6) is -0.616. The average molecular weight is 590 g/mol. The maximum Gasteiger partial charge on any atom is 0.264 e. The van der Waals surface area contributed by atoms with Gasteiger partial charge in [-0.3, -0.25) is 13.9 Å². The van der Waals surface area contributed by atoms with Gasteiger partial charge < -0.3 is 10.2 Å². The maximum atomic E-state index is 14.4. The summed E-state index contributed by atoms with van der Waals surface area (Å²) in [4.78, 5) is 29.6. The highest BCUT2D eigenvalue weighted by atomic mass is 32.2. The van der Waals surface area contributed by atoms with Crippen LogP contribution in [-0.2, 0) is 26.2 Å². The average Bonchev–Trinajstić information content (AvgIpc) is 3.47. The van der Waals surface area contributed by atoms with E-state index in [4.69, 9.17) is 0 Å². The van der Waals surface area contributed by atoms with Crippen molar-refractivity contribution in [1.29, 1.82) is 0 Å². The number of carbonyl (C=O) groups excluding carboxylic acids is 2. The van der Waals surface area contributed by atoms with Gasteiger partial charge >= 0.3 is 0 Å². The number of hydrogen-bond acceptors (Lipinski definition) is 4. The van der Waals surface area contributed by atoms with Crippen LogP contribution in [0.5, 0.6) is 0 Å². The molecule has 1 N–H and O–H groups in total. The standard InChI is InChI=1S/C34H43N3O4S/c1-6-31(34(39)35-29-13-9-10-14-29)36(22-28-12-8-7-11-26(28)4)33(38)23-37(32-21-25(3)15-18-27(32)5)42(40,41)30-19-16-24(2)17-20-30/h7-8,11-12,15-21,29,31H,6,9-10,13-14,22-23H2,1-5H3,(H,35,39)/t31-/m0/s1. The van der Waals surface area contributed by atoms with E-state index >= 15 is 0 Å². The van der Waals surface area contributed by atoms with Gasteiger partial charge in [-0.25, -0.2) is 8.42 Å². The summed E-state index contributed by atoms with van der Waals surface area (Å²) >= 11 is 0. The zero-order chi connectivity index (χ0) is 30.4. The Kier molecular flexibility index (Phi) is 10.1. The number of amides is 2. The Balaban J connectivity index is 1.75. The van der Waals surface area contributed by atoms with Crippen molar-refractivity contribution in [2.45, 2.75) is 90.2 Å². The molecule has 7 nitrogen and oxygen atoms in total. The van der Waals surface area contributed by atoms with Gasteiger partial charge in [0.15, 0.2) is 0 Å². The Hall–Kier alpha value is -3.65. The van der Waals surface area contributed by atoms with Crippen molar-refractivity contribution in [3.05, 3.63) is 94.5 Å². The van der Waals surface area contributed by atoms with Crippen LogP contribution in [0.4, 0.5) is 5.69 Å². The van der Waals surface area contributed by atoms with E-state index < -0.39 is 28.5 Å². The molecule has 0 aliphatic heterocycles. The first-order valence-corrected chi connectivity index (χ1v) is 16.3. The Bertz CT molecular complexity index is 1510. The number of carbonyl (C=O) groups is 2. The second kappa shape index (κ2) is 13.6. The first kappa shape index (κ1) is 31.3. The molecule has 1 fully saturated rings. The minimum atomic E-state index is -4.11. The maximum absolute atomic E-state index is 14.4. The lowest BCUT2D eigenvalue weighted by molar-refractivity contribution is -0.140. The number of rotatable bonds is 11. The summed E-state index contributed by atoms with van der Waals surface area (Å²) in [7, 11) is -4.11. The first-order chi connectivity index (χ1) is 20.0. The minimum Gasteiger partial charge on any atom is -0.352 e. The molecule has 0 spiro atoms. The summed E-state index contributed by atoms with van der Waals surface area (Å²) in [6.07, 6.45) is 4.43. The molecule has 0 bridgehead atoms. The molecule has 3 aromatic rings. The van der Waals surface area contributed by atoms with E-state index in [1.54, 1.807) is 35.2 Å². The number of nitrogens with zero attached hydrogens (tertiary/aromatic N) is 2. The topological polar surface area (TPSA) is 86.8 Å². The molecule has 2 amide bonds. The lowest BCUT2D eigenvalue weighted by Crippen LogP contribution is -2.53. The highest BCUT2D eigenvalue weighted by Gasteiger charge is 2.35. The molecular formula is C34H43N3O4S. The molecule has 8 heteroatoms. The minimum absolute atomic E-state index is 0.107. The Morgan fingerprint density at radius 2 is 1.52 bits per heavy atom. The largest absolute Gasteiger partial charge is 0.352 e. The summed E-state index contributed by atoms with van der Waals surface area (Å²) < 4.78 is 29.5. The summed E-state index contributed by atoms with van der Waals surface area (Å²) in [5, 5.41) is 3.16. The van der Waals surface area contributed by atoms with E-state index in [1.165, 1.54) is 4.31 Å². The molecule has 0 heterocycles. The van der Waals surface area contributed by atoms with E-state index in [-0.39, 0.29) is 23.4 Å². The quantitative estimate of drug-likeness (QED) is 0.298. The molecular weight excluding hydrogens is 546 g/mol. The van der Waals surface area contributed by atoms with E-state index in [0.717, 1.165) is 53.5 Å². The molecule has 1 atom stereocenters. The highest BCUT2D eigenvalue weighted by molar-refractivity contribution is 7.92. The van der Waals surface area contributed by atoms with Gasteiger partial charge in [0, 0.05) is 12.6 Å². The Morgan fingerprint density at radius 3 is 2.17 bits per heavy atom. The number of hydrogen-bond donors (Lipinski definition) is 1. The molecule has 0 radical (unpaired) electrons. The van der Waals surface area contributed by atoms with Crippen molar-refractivity contribution in [3.63, 3.8) is 0 Å². The second-order valence-corrected chi connectivity index (χ2v) is 13.3. The third-order valence-corrected chi connectivity index (χ3v) is 9.98. The fourth-order valence-electron chi connectivity index (χ4n) is 5.60. The van der Waals surface area contributed by atoms with Crippen LogP contribution in [0.1, 0.15) is 66.8 Å². The fraction of sp³-hybridized carbons (Fsp3) is 0.412. The van der Waals surface area contributed by atoms with Gasteiger partial charge in [0.1, 0.15) is 12.6 Å². The van der Waals surface area contributed by atoms with Crippen LogP contribution < -0.4 is 9.62 Å². The lowest BCUT2D eigenvalue weighted by atomic mass is 10.1. The Labute approximate surface area is 251 Å². The van der Waals surface area contributed by atoms with Crippen LogP contribution in [-0.4, -0.2) is 43.8 Å². The van der Waals surface area contributed by atoms with Crippen LogP contribution in [0.25, 0.3) is 0 Å². The van der Waals surface area contributed by atoms with Crippen LogP contribution in [0.2, 0.25) is 0 Å². The van der Waals surface area contributed by atoms with E-state index in [9.17, 15) is 18.0 Å². The van der Waals surface area contributed by atoms with Gasteiger partial charge in [-0.15, -0.1) is 0 Å². The van der Waals surface area contributed by atoms with Crippen molar-refractivity contribution in [2.75, 3.05) is 10.8 Å². The lowest BCUT2D eigenvalue weighted by Gasteiger charge is -2.34. The third kappa shape index (κ3) is 7.21. The molecule has 1 saturated carbocycles. The third-order valence-electron chi connectivity index (χ3n) is 8.21. The van der Waals surface area contributed by atoms with Crippen LogP contribution in [0, 0.1) is 27.7 Å². The Morgan fingerprint density at radius 1 is 0.881 bits per heavy atom. The molecule has 1 aliphatic rings. The summed E-state index contributed by atoms with van der Waals surface area (Å²) in [5.41, 5.74) is 4.92. The van der Waals surface area contributed by atoms with Gasteiger partial charge in [0.25, 0.3) is 10.0 Å². The molecule has 0 aromatic heterocycles. The van der Waals surface area contributed by atoms with Crippen molar-refractivity contribution in [3.8, 4) is 0 Å². The van der Waals surface area contributed by atoms with Gasteiger partial charge in [0.2, 0.25) is 11.8 Å². The molecule has 224 valence electrons. The van der Waals surface area contributed by atoms with Crippen molar-refractivity contribution >= 4 is 27.5 Å². The number of benzene rings is 3. The second-order valence-electron chi connectivity index (χ2n) is 11.5. The van der Waals surface area contributed by atoms with E-state index in [2.05, 4.69) is 5.32 Å². The molecule has 0 unspecified atom stereocenters. The predicted molar refractivity (Wildman–Crippen MR) is 168 cm³/mol. The summed E-state index contributed by atoms with van der Waals surface area (Å²) in [6, 6.07) is 19.4. The van der Waals surface area contributed by atoms with Crippen molar-refractivity contribution < 1.29 is 18.0 Å². The highest BCUT2D eigenvalue weighted by Crippen LogP contribution is 2.29. The molecule has 42 heavy (non-hydrogen) atoms. The summed E-state index contributed by atoms with van der Waals surface area (Å²) in [6.45, 7) is 9.27. The van der Waals surface area contributed by atoms with E-state index in [0.29, 0.717) is 12.1 Å². The molecule has 0 saturated heterocycles. The zero-order valence-corrected chi connectivity index (χ0v) is 26.2. The number of aryl methyl sites for hydroxylation is 4. The number of anilines is 1. The molecule has 4 rings (SSSR count). The number of nitrogens with one attached hydrogen (secondary N) is 1. The molecule has 3 aromatic carbocycles. The van der Waals surface area contributed by atoms with Crippen molar-refractivity contribution in [2.24, 2.45) is 0 Å². The normalized spacial score (nSPS) is 14.4. The monoisotopic (exact) mass is 589 g/mol. The van der Waals surface area contributed by atoms with Crippen molar-refractivity contribution in [1.82, 2.24) is 10.2 Å². The molecule has 1 aliphatic carbocycles. The smallest absolute Gasteiger partial charge is 0.264 e. The van der Waals surface area contributed by atoms with Gasteiger partial charge in [-0.1, -0.05) is 73.9 Å². The van der Waals surface area contributed by atoms with Crippen LogP contribution in [0.15, 0.2) is 71.6 Å².